The van der Waals surface area contributed by atoms with Gasteiger partial charge < -0.3 is 0 Å². The van der Waals surface area contributed by atoms with Gasteiger partial charge in [0.25, 0.3) is 5.56 Å². The lowest BCUT2D eigenvalue weighted by molar-refractivity contribution is 0.283. The van der Waals surface area contributed by atoms with E-state index in [4.69, 9.17) is 12.2 Å². The molecule has 6 rings (SSSR count). The fourth-order valence-corrected chi connectivity index (χ4v) is 5.98. The van der Waals surface area contributed by atoms with Crippen molar-refractivity contribution in [1.82, 2.24) is 19.2 Å². The number of nitrogens with one attached hydrogen (secondary N) is 1. The van der Waals surface area contributed by atoms with Crippen molar-refractivity contribution >= 4 is 18.0 Å². The van der Waals surface area contributed by atoms with Gasteiger partial charge in [0.15, 0.2) is 0 Å². The maximum atomic E-state index is 14.2. The van der Waals surface area contributed by atoms with Gasteiger partial charge >= 0.3 is 0 Å². The third-order valence-electron chi connectivity index (χ3n) is 7.14. The molecule has 1 spiro atoms. The van der Waals surface area contributed by atoms with E-state index in [9.17, 15) is 4.79 Å². The predicted molar refractivity (Wildman–Crippen MR) is 124 cm³/mol. The van der Waals surface area contributed by atoms with Crippen molar-refractivity contribution in [3.8, 4) is 11.3 Å². The van der Waals surface area contributed by atoms with Crippen molar-refractivity contribution in [3.63, 3.8) is 0 Å². The Balaban J connectivity index is 1.73. The maximum Gasteiger partial charge on any atom is 0.259 e. The van der Waals surface area contributed by atoms with E-state index < -0.39 is 0 Å². The summed E-state index contributed by atoms with van der Waals surface area (Å²) in [5.74, 6) is 0.584. The van der Waals surface area contributed by atoms with Crippen LogP contribution >= 0.6 is 12.2 Å². The van der Waals surface area contributed by atoms with Crippen LogP contribution in [0.4, 0.5) is 0 Å². The molecule has 0 unspecified atom stereocenters. The molecule has 2 aliphatic rings. The summed E-state index contributed by atoms with van der Waals surface area (Å²) in [7, 11) is 0. The van der Waals surface area contributed by atoms with Gasteiger partial charge in [-0.05, 0) is 42.6 Å². The summed E-state index contributed by atoms with van der Waals surface area (Å²) >= 11 is 5.69. The summed E-state index contributed by atoms with van der Waals surface area (Å²) in [6.45, 7) is 0.480. The number of nitrogens with zero attached hydrogens (tertiary/aromatic N) is 3. The minimum absolute atomic E-state index is 0.0803. The first kappa shape index (κ1) is 18.8. The number of hydrogen-bond donors (Lipinski definition) is 1. The minimum Gasteiger partial charge on any atom is -0.272 e. The smallest absolute Gasteiger partial charge is 0.259 e. The Hall–Kier alpha value is -2.99. The highest BCUT2D eigenvalue weighted by molar-refractivity contribution is 7.71. The zero-order valence-electron chi connectivity index (χ0n) is 17.3. The van der Waals surface area contributed by atoms with Crippen molar-refractivity contribution in [2.75, 3.05) is 0 Å². The van der Waals surface area contributed by atoms with E-state index in [2.05, 4.69) is 40.5 Å². The van der Waals surface area contributed by atoms with Crippen LogP contribution in [0.2, 0.25) is 0 Å². The first-order valence-electron chi connectivity index (χ1n) is 11.0. The summed E-state index contributed by atoms with van der Waals surface area (Å²) in [5, 5.41) is 7.46. The quantitative estimate of drug-likeness (QED) is 0.456. The zero-order valence-corrected chi connectivity index (χ0v) is 18.1. The Kier molecular flexibility index (Phi) is 4.25. The van der Waals surface area contributed by atoms with Gasteiger partial charge in [0.1, 0.15) is 0 Å². The summed E-state index contributed by atoms with van der Waals surface area (Å²) < 4.78 is 4.35. The van der Waals surface area contributed by atoms with Crippen LogP contribution in [0.15, 0.2) is 59.4 Å². The summed E-state index contributed by atoms with van der Waals surface area (Å²) in [6, 6.07) is 18.6. The number of rotatable bonds is 2. The van der Waals surface area contributed by atoms with E-state index in [-0.39, 0.29) is 11.0 Å². The van der Waals surface area contributed by atoms with Crippen molar-refractivity contribution in [1.29, 1.82) is 0 Å². The molecule has 2 heterocycles. The average Bonchev–Trinajstić information content (AvgIpc) is 3.18. The van der Waals surface area contributed by atoms with Gasteiger partial charge in [0.05, 0.1) is 12.2 Å². The fraction of sp³-hybridized carbons (Fsp3) is 0.320. The molecule has 1 N–H and O–H groups in total. The van der Waals surface area contributed by atoms with Crippen LogP contribution in [0.3, 0.4) is 0 Å². The van der Waals surface area contributed by atoms with Crippen LogP contribution in [0, 0.1) is 4.77 Å². The van der Waals surface area contributed by atoms with Crippen molar-refractivity contribution < 1.29 is 0 Å². The molecule has 2 aromatic heterocycles. The van der Waals surface area contributed by atoms with Gasteiger partial charge in [-0.2, -0.15) is 0 Å². The highest BCUT2D eigenvalue weighted by atomic mass is 32.1. The summed E-state index contributed by atoms with van der Waals surface area (Å²) in [5.41, 5.74) is 5.34. The molecule has 2 aliphatic carbocycles. The molecule has 1 fully saturated rings. The molecule has 5 nitrogen and oxygen atoms in total. The van der Waals surface area contributed by atoms with Gasteiger partial charge in [0.2, 0.25) is 10.5 Å². The second-order valence-electron chi connectivity index (χ2n) is 8.94. The normalized spacial score (nSPS) is 16.9. The van der Waals surface area contributed by atoms with E-state index in [0.29, 0.717) is 17.1 Å². The summed E-state index contributed by atoms with van der Waals surface area (Å²) in [6.07, 6.45) is 6.58. The van der Waals surface area contributed by atoms with E-state index in [1.165, 1.54) is 12.0 Å². The van der Waals surface area contributed by atoms with Crippen molar-refractivity contribution in [2.45, 2.75) is 50.5 Å². The van der Waals surface area contributed by atoms with Crippen molar-refractivity contribution in [3.05, 3.63) is 86.4 Å². The van der Waals surface area contributed by atoms with Gasteiger partial charge in [-0.25, -0.2) is 5.10 Å². The number of aromatic amines is 1. The van der Waals surface area contributed by atoms with E-state index in [1.807, 2.05) is 33.2 Å². The molecular weight excluding hydrogens is 404 g/mol. The molecule has 31 heavy (non-hydrogen) atoms. The second kappa shape index (κ2) is 7.02. The molecule has 156 valence electrons. The number of benzene rings is 2. The lowest BCUT2D eigenvalue weighted by Gasteiger charge is -2.42. The van der Waals surface area contributed by atoms with Gasteiger partial charge in [-0.15, -0.1) is 5.10 Å². The number of hydrogen-bond acceptors (Lipinski definition) is 3. The molecule has 6 heteroatoms. The minimum atomic E-state index is -0.127. The fourth-order valence-electron chi connectivity index (χ4n) is 5.77. The van der Waals surface area contributed by atoms with Gasteiger partial charge in [-0.3, -0.25) is 13.8 Å². The van der Waals surface area contributed by atoms with Crippen LogP contribution in [0.5, 0.6) is 0 Å². The highest BCUT2D eigenvalue weighted by Gasteiger charge is 2.43. The van der Waals surface area contributed by atoms with Crippen molar-refractivity contribution in [2.24, 2.45) is 0 Å². The Morgan fingerprint density at radius 3 is 2.55 bits per heavy atom. The topological polar surface area (TPSA) is 55.1 Å². The number of fused-ring (bicyclic) bond motifs is 6. The van der Waals surface area contributed by atoms with Crippen LogP contribution in [-0.4, -0.2) is 19.2 Å². The van der Waals surface area contributed by atoms with Gasteiger partial charge in [-0.1, -0.05) is 73.9 Å². The van der Waals surface area contributed by atoms with Gasteiger partial charge in [0, 0.05) is 16.5 Å². The largest absolute Gasteiger partial charge is 0.272 e. The number of aromatic nitrogens is 4. The molecule has 1 saturated carbocycles. The Bertz CT molecular complexity index is 1410. The molecule has 4 aromatic rings. The van der Waals surface area contributed by atoms with E-state index >= 15 is 0 Å². The monoisotopic (exact) mass is 428 g/mol. The molecule has 0 aliphatic heterocycles. The standard InChI is InChI=1S/C25H24N4OS/c30-22-20-21(19-12-6-5-11-18(19)15-25(20)13-7-2-8-14-25)29-23(26-27-24(29)31)28(22)16-17-9-3-1-4-10-17/h1,3-6,9-12H,2,7-8,13-16H2,(H,27,31). The Labute approximate surface area is 185 Å². The summed E-state index contributed by atoms with van der Waals surface area (Å²) in [4.78, 5) is 14.2. The second-order valence-corrected chi connectivity index (χ2v) is 9.33. The Morgan fingerprint density at radius 2 is 1.74 bits per heavy atom. The van der Waals surface area contributed by atoms with Crippen LogP contribution in [-0.2, 0) is 18.4 Å². The molecule has 0 saturated heterocycles. The predicted octanol–water partition coefficient (Wildman–Crippen LogP) is 5.03. The highest BCUT2D eigenvalue weighted by Crippen LogP contribution is 2.49. The average molecular weight is 429 g/mol. The molecular formula is C25H24N4OS. The molecule has 0 bridgehead atoms. The zero-order chi connectivity index (χ0) is 21.0. The van der Waals surface area contributed by atoms with Crippen LogP contribution in [0.25, 0.3) is 17.0 Å². The molecule has 0 radical (unpaired) electrons. The Morgan fingerprint density at radius 1 is 1.00 bits per heavy atom. The third kappa shape index (κ3) is 2.78. The van der Waals surface area contributed by atoms with E-state index in [0.717, 1.165) is 54.5 Å². The molecule has 0 atom stereocenters. The van der Waals surface area contributed by atoms with E-state index in [1.54, 1.807) is 0 Å². The molecule has 0 amide bonds. The first-order valence-corrected chi connectivity index (χ1v) is 11.5. The van der Waals surface area contributed by atoms with Crippen LogP contribution in [0.1, 0.15) is 48.8 Å². The number of H-pyrrole nitrogens is 1. The maximum absolute atomic E-state index is 14.2. The lowest BCUT2D eigenvalue weighted by Crippen LogP contribution is -2.43. The van der Waals surface area contributed by atoms with Crippen LogP contribution < -0.4 is 5.56 Å². The first-order chi connectivity index (χ1) is 15.2. The SMILES string of the molecule is O=c1c2c(n3c(=S)[nH]nc3n1Cc1ccccc1)-c1ccccc1CC21CCCCC1. The lowest BCUT2D eigenvalue weighted by atomic mass is 9.62. The molecule has 2 aromatic carbocycles. The third-order valence-corrected chi connectivity index (χ3v) is 7.42.